The van der Waals surface area contributed by atoms with Crippen LogP contribution in [0.5, 0.6) is 0 Å². The fourth-order valence-electron chi connectivity index (χ4n) is 2.41. The van der Waals surface area contributed by atoms with Crippen molar-refractivity contribution in [3.63, 3.8) is 0 Å². The van der Waals surface area contributed by atoms with Gasteiger partial charge < -0.3 is 10.6 Å². The van der Waals surface area contributed by atoms with Crippen molar-refractivity contribution in [2.45, 2.75) is 24.7 Å². The molecule has 0 aliphatic heterocycles. The van der Waals surface area contributed by atoms with Crippen molar-refractivity contribution in [2.24, 2.45) is 4.99 Å². The Kier molecular flexibility index (Phi) is 12.0. The highest BCUT2D eigenvalue weighted by atomic mass is 127. The van der Waals surface area contributed by atoms with Crippen LogP contribution in [0.1, 0.15) is 18.9 Å². The summed E-state index contributed by atoms with van der Waals surface area (Å²) in [4.78, 5) is 5.46. The lowest BCUT2D eigenvalue weighted by atomic mass is 10.1. The van der Waals surface area contributed by atoms with Crippen LogP contribution in [0.3, 0.4) is 0 Å². The van der Waals surface area contributed by atoms with Gasteiger partial charge in [-0.25, -0.2) is 0 Å². The van der Waals surface area contributed by atoms with Crippen LogP contribution in [-0.4, -0.2) is 35.6 Å². The molecule has 1 atom stereocenters. The number of nitrogens with zero attached hydrogens (tertiary/aromatic N) is 1. The van der Waals surface area contributed by atoms with Crippen molar-refractivity contribution >= 4 is 40.7 Å². The SMILES string of the molecule is CCNC(=NCCCc1ccccc1)NCCS(=O)c1ccccc1.I. The Balaban J connectivity index is 0.00000338. The molecule has 142 valence electrons. The largest absolute Gasteiger partial charge is 0.357 e. The predicted octanol–water partition coefficient (Wildman–Crippen LogP) is 3.60. The molecule has 0 aliphatic rings. The van der Waals surface area contributed by atoms with Crippen LogP contribution < -0.4 is 10.6 Å². The van der Waals surface area contributed by atoms with Gasteiger partial charge in [-0.3, -0.25) is 9.20 Å². The van der Waals surface area contributed by atoms with E-state index in [9.17, 15) is 4.21 Å². The van der Waals surface area contributed by atoms with Gasteiger partial charge in [0.05, 0.1) is 10.8 Å². The molecular formula is C20H28IN3OS. The number of rotatable bonds is 9. The standard InChI is InChI=1S/C20H27N3OS.HI/c1-2-21-20(22-15-9-12-18-10-5-3-6-11-18)23-16-17-25(24)19-13-7-4-8-14-19;/h3-8,10-11,13-14H,2,9,12,15-17H2,1H3,(H2,21,22,23);1H. The maximum Gasteiger partial charge on any atom is 0.191 e. The molecule has 0 fully saturated rings. The van der Waals surface area contributed by atoms with Crippen LogP contribution >= 0.6 is 24.0 Å². The lowest BCUT2D eigenvalue weighted by molar-refractivity contribution is 0.681. The van der Waals surface area contributed by atoms with E-state index in [1.165, 1.54) is 5.56 Å². The second kappa shape index (κ2) is 13.7. The van der Waals surface area contributed by atoms with Crippen molar-refractivity contribution in [1.29, 1.82) is 0 Å². The smallest absolute Gasteiger partial charge is 0.191 e. The number of nitrogens with one attached hydrogen (secondary N) is 2. The number of benzene rings is 2. The highest BCUT2D eigenvalue weighted by molar-refractivity contribution is 14.0. The van der Waals surface area contributed by atoms with Gasteiger partial charge in [0.25, 0.3) is 0 Å². The molecule has 0 saturated carbocycles. The Morgan fingerprint density at radius 2 is 1.65 bits per heavy atom. The first-order chi connectivity index (χ1) is 12.3. The molecule has 0 bridgehead atoms. The molecule has 0 radical (unpaired) electrons. The fraction of sp³-hybridized carbons (Fsp3) is 0.350. The van der Waals surface area contributed by atoms with Gasteiger partial charge in [0.1, 0.15) is 0 Å². The highest BCUT2D eigenvalue weighted by Gasteiger charge is 2.03. The summed E-state index contributed by atoms with van der Waals surface area (Å²) in [5, 5.41) is 6.50. The van der Waals surface area contributed by atoms with Crippen molar-refractivity contribution < 1.29 is 4.21 Å². The molecule has 0 aliphatic carbocycles. The van der Waals surface area contributed by atoms with Gasteiger partial charge in [-0.05, 0) is 37.5 Å². The van der Waals surface area contributed by atoms with E-state index in [0.29, 0.717) is 12.3 Å². The monoisotopic (exact) mass is 485 g/mol. The zero-order valence-corrected chi connectivity index (χ0v) is 18.3. The van der Waals surface area contributed by atoms with E-state index in [-0.39, 0.29) is 24.0 Å². The molecule has 4 nitrogen and oxygen atoms in total. The van der Waals surface area contributed by atoms with Crippen molar-refractivity contribution in [2.75, 3.05) is 25.4 Å². The van der Waals surface area contributed by atoms with Crippen LogP contribution in [-0.2, 0) is 17.2 Å². The first kappa shape index (κ1) is 22.6. The molecule has 0 saturated heterocycles. The molecule has 1 unspecified atom stereocenters. The van der Waals surface area contributed by atoms with Gasteiger partial charge >= 0.3 is 0 Å². The van der Waals surface area contributed by atoms with E-state index in [0.717, 1.165) is 36.8 Å². The number of halogens is 1. The first-order valence-electron chi connectivity index (χ1n) is 8.79. The molecule has 0 spiro atoms. The van der Waals surface area contributed by atoms with Crippen LogP contribution in [0.15, 0.2) is 70.6 Å². The second-order valence-electron chi connectivity index (χ2n) is 5.64. The van der Waals surface area contributed by atoms with Crippen molar-refractivity contribution in [3.05, 3.63) is 66.2 Å². The van der Waals surface area contributed by atoms with Crippen molar-refractivity contribution in [1.82, 2.24) is 10.6 Å². The summed E-state index contributed by atoms with van der Waals surface area (Å²) in [6.07, 6.45) is 2.04. The molecule has 2 N–H and O–H groups in total. The Bertz CT molecular complexity index is 665. The summed E-state index contributed by atoms with van der Waals surface area (Å²) in [6.45, 7) is 4.26. The van der Waals surface area contributed by atoms with Crippen LogP contribution in [0.2, 0.25) is 0 Å². The number of hydrogen-bond acceptors (Lipinski definition) is 2. The predicted molar refractivity (Wildman–Crippen MR) is 122 cm³/mol. The van der Waals surface area contributed by atoms with Gasteiger partial charge in [0.15, 0.2) is 5.96 Å². The van der Waals surface area contributed by atoms with Gasteiger partial charge in [0.2, 0.25) is 0 Å². The summed E-state index contributed by atoms with van der Waals surface area (Å²) in [6, 6.07) is 20.0. The van der Waals surface area contributed by atoms with E-state index in [1.54, 1.807) is 0 Å². The lowest BCUT2D eigenvalue weighted by Crippen LogP contribution is -2.39. The van der Waals surface area contributed by atoms with E-state index >= 15 is 0 Å². The molecule has 0 aromatic heterocycles. The topological polar surface area (TPSA) is 53.5 Å². The maximum atomic E-state index is 12.2. The van der Waals surface area contributed by atoms with Crippen LogP contribution in [0, 0.1) is 0 Å². The Morgan fingerprint density at radius 1 is 1.00 bits per heavy atom. The zero-order valence-electron chi connectivity index (χ0n) is 15.2. The van der Waals surface area contributed by atoms with Crippen LogP contribution in [0.4, 0.5) is 0 Å². The minimum Gasteiger partial charge on any atom is -0.357 e. The minimum absolute atomic E-state index is 0. The summed E-state index contributed by atoms with van der Waals surface area (Å²) < 4.78 is 12.2. The van der Waals surface area contributed by atoms with E-state index in [2.05, 4.69) is 39.9 Å². The Morgan fingerprint density at radius 3 is 2.31 bits per heavy atom. The summed E-state index contributed by atoms with van der Waals surface area (Å²) in [5.74, 6) is 1.36. The van der Waals surface area contributed by atoms with Gasteiger partial charge in [0, 0.05) is 30.3 Å². The summed E-state index contributed by atoms with van der Waals surface area (Å²) in [5.41, 5.74) is 1.34. The highest BCUT2D eigenvalue weighted by Crippen LogP contribution is 2.04. The third-order valence-electron chi connectivity index (χ3n) is 3.67. The fourth-order valence-corrected chi connectivity index (χ4v) is 3.40. The van der Waals surface area contributed by atoms with Gasteiger partial charge in [-0.15, -0.1) is 24.0 Å². The Hall–Kier alpha value is -1.41. The maximum absolute atomic E-state index is 12.2. The molecule has 2 aromatic rings. The molecule has 6 heteroatoms. The summed E-state index contributed by atoms with van der Waals surface area (Å²) in [7, 11) is -0.981. The average Bonchev–Trinajstić information content (AvgIpc) is 2.66. The Labute approximate surface area is 176 Å². The zero-order chi connectivity index (χ0) is 17.7. The number of aryl methyl sites for hydroxylation is 1. The van der Waals surface area contributed by atoms with E-state index in [4.69, 9.17) is 0 Å². The number of hydrogen-bond donors (Lipinski definition) is 2. The summed E-state index contributed by atoms with van der Waals surface area (Å²) >= 11 is 0. The van der Waals surface area contributed by atoms with E-state index < -0.39 is 10.8 Å². The number of guanidine groups is 1. The van der Waals surface area contributed by atoms with E-state index in [1.807, 2.05) is 43.3 Å². The quantitative estimate of drug-likeness (QED) is 0.247. The van der Waals surface area contributed by atoms with Crippen molar-refractivity contribution in [3.8, 4) is 0 Å². The molecule has 26 heavy (non-hydrogen) atoms. The molecular weight excluding hydrogens is 457 g/mol. The molecule has 2 aromatic carbocycles. The lowest BCUT2D eigenvalue weighted by Gasteiger charge is -2.11. The molecule has 0 amide bonds. The molecule has 2 rings (SSSR count). The third-order valence-corrected chi connectivity index (χ3v) is 5.04. The molecule has 0 heterocycles. The average molecular weight is 485 g/mol. The second-order valence-corrected chi connectivity index (χ2v) is 7.21. The van der Waals surface area contributed by atoms with Crippen LogP contribution in [0.25, 0.3) is 0 Å². The van der Waals surface area contributed by atoms with Gasteiger partial charge in [-0.2, -0.15) is 0 Å². The minimum atomic E-state index is -0.981. The first-order valence-corrected chi connectivity index (χ1v) is 10.1. The normalized spacial score (nSPS) is 12.1. The van der Waals surface area contributed by atoms with Gasteiger partial charge in [-0.1, -0.05) is 48.5 Å². The number of aliphatic imine (C=N–C) groups is 1. The third kappa shape index (κ3) is 8.80.